The Morgan fingerprint density at radius 3 is 2.52 bits per heavy atom. The topological polar surface area (TPSA) is 65.7 Å². The van der Waals surface area contributed by atoms with Crippen molar-refractivity contribution in [3.8, 4) is 11.5 Å². The average molecular weight is 430 g/mol. The summed E-state index contributed by atoms with van der Waals surface area (Å²) in [6, 6.07) is 10.9. The number of hydrogen-bond acceptors (Lipinski definition) is 5. The summed E-state index contributed by atoms with van der Waals surface area (Å²) < 4.78 is 12.7. The second-order valence-electron chi connectivity index (χ2n) is 6.26. The van der Waals surface area contributed by atoms with Crippen molar-refractivity contribution in [1.82, 2.24) is 9.66 Å². The molecule has 140 valence electrons. The zero-order chi connectivity index (χ0) is 19.6. The molecule has 0 bridgehead atoms. The van der Waals surface area contributed by atoms with Crippen LogP contribution in [0.3, 0.4) is 0 Å². The van der Waals surface area contributed by atoms with Crippen molar-refractivity contribution in [3.05, 3.63) is 62.6 Å². The van der Waals surface area contributed by atoms with Crippen molar-refractivity contribution in [2.45, 2.75) is 19.8 Å². The minimum atomic E-state index is -0.207. The molecule has 0 saturated heterocycles. The molecule has 0 aliphatic heterocycles. The molecule has 1 aromatic heterocycles. The van der Waals surface area contributed by atoms with E-state index in [1.165, 1.54) is 4.68 Å². The van der Waals surface area contributed by atoms with Crippen LogP contribution in [0.25, 0.3) is 10.9 Å². The molecular formula is C20H20BrN3O3. The number of fused-ring (bicyclic) bond motifs is 1. The van der Waals surface area contributed by atoms with E-state index in [4.69, 9.17) is 9.47 Å². The second-order valence-corrected chi connectivity index (χ2v) is 7.18. The molecule has 0 radical (unpaired) electrons. The van der Waals surface area contributed by atoms with Gasteiger partial charge < -0.3 is 9.47 Å². The Morgan fingerprint density at radius 2 is 1.85 bits per heavy atom. The molecule has 27 heavy (non-hydrogen) atoms. The number of rotatable bonds is 5. The minimum absolute atomic E-state index is 0.0355. The fourth-order valence-corrected chi connectivity index (χ4v) is 3.07. The summed E-state index contributed by atoms with van der Waals surface area (Å²) in [5, 5.41) is 4.93. The van der Waals surface area contributed by atoms with Gasteiger partial charge in [0, 0.05) is 10.4 Å². The maximum absolute atomic E-state index is 13.0. The molecule has 2 aromatic carbocycles. The van der Waals surface area contributed by atoms with Gasteiger partial charge in [-0.3, -0.25) is 4.79 Å². The number of hydrogen-bond donors (Lipinski definition) is 0. The van der Waals surface area contributed by atoms with Crippen molar-refractivity contribution in [3.63, 3.8) is 0 Å². The van der Waals surface area contributed by atoms with Gasteiger partial charge in [-0.1, -0.05) is 29.8 Å². The van der Waals surface area contributed by atoms with Crippen LogP contribution in [0.5, 0.6) is 11.5 Å². The van der Waals surface area contributed by atoms with Crippen LogP contribution in [0.4, 0.5) is 0 Å². The summed E-state index contributed by atoms with van der Waals surface area (Å²) in [4.78, 5) is 17.6. The van der Waals surface area contributed by atoms with Crippen molar-refractivity contribution in [1.29, 1.82) is 0 Å². The van der Waals surface area contributed by atoms with Gasteiger partial charge in [0.2, 0.25) is 0 Å². The van der Waals surface area contributed by atoms with E-state index >= 15 is 0 Å². The lowest BCUT2D eigenvalue weighted by Crippen LogP contribution is -2.23. The standard InChI is InChI=1S/C20H20BrN3O3/c1-12(2)19-23-16-7-6-14(21)10-15(16)20(25)24(19)22-11-13-5-8-17(26-3)18(9-13)27-4/h5-12H,1-4H3. The van der Waals surface area contributed by atoms with E-state index in [2.05, 4.69) is 26.0 Å². The Labute approximate surface area is 165 Å². The van der Waals surface area contributed by atoms with Gasteiger partial charge in [0.05, 0.1) is 31.3 Å². The summed E-state index contributed by atoms with van der Waals surface area (Å²) in [7, 11) is 3.16. The van der Waals surface area contributed by atoms with E-state index in [0.717, 1.165) is 10.0 Å². The molecule has 0 aliphatic rings. The molecule has 1 heterocycles. The zero-order valence-corrected chi connectivity index (χ0v) is 17.1. The molecule has 0 aliphatic carbocycles. The predicted octanol–water partition coefficient (Wildman–Crippen LogP) is 4.18. The largest absolute Gasteiger partial charge is 0.493 e. The Bertz CT molecular complexity index is 1070. The molecule has 0 saturated carbocycles. The van der Waals surface area contributed by atoms with Crippen LogP contribution in [0.1, 0.15) is 31.2 Å². The zero-order valence-electron chi connectivity index (χ0n) is 15.6. The van der Waals surface area contributed by atoms with Crippen molar-refractivity contribution in [2.75, 3.05) is 14.2 Å². The summed E-state index contributed by atoms with van der Waals surface area (Å²) in [6.45, 7) is 3.96. The molecule has 3 rings (SSSR count). The van der Waals surface area contributed by atoms with Crippen LogP contribution in [0.15, 0.2) is 50.8 Å². The molecule has 6 nitrogen and oxygen atoms in total. The Balaban J connectivity index is 2.13. The first-order chi connectivity index (χ1) is 12.9. The molecule has 0 atom stereocenters. The maximum atomic E-state index is 13.0. The van der Waals surface area contributed by atoms with Crippen LogP contribution < -0.4 is 15.0 Å². The van der Waals surface area contributed by atoms with Crippen LogP contribution in [0.2, 0.25) is 0 Å². The molecule has 3 aromatic rings. The van der Waals surface area contributed by atoms with E-state index in [0.29, 0.717) is 28.2 Å². The average Bonchev–Trinajstić information content (AvgIpc) is 2.67. The van der Waals surface area contributed by atoms with Crippen molar-refractivity contribution >= 4 is 33.0 Å². The normalized spacial score (nSPS) is 11.5. The van der Waals surface area contributed by atoms with Crippen molar-refractivity contribution in [2.24, 2.45) is 5.10 Å². The molecule has 0 amide bonds. The SMILES string of the molecule is COc1ccc(C=Nn2c(C(C)C)nc3ccc(Br)cc3c2=O)cc1OC. The second kappa shape index (κ2) is 7.92. The lowest BCUT2D eigenvalue weighted by molar-refractivity contribution is 0.355. The highest BCUT2D eigenvalue weighted by atomic mass is 79.9. The summed E-state index contributed by atoms with van der Waals surface area (Å²) >= 11 is 3.40. The number of benzene rings is 2. The highest BCUT2D eigenvalue weighted by Crippen LogP contribution is 2.27. The highest BCUT2D eigenvalue weighted by molar-refractivity contribution is 9.10. The van der Waals surface area contributed by atoms with Gasteiger partial charge in [0.15, 0.2) is 11.5 Å². The van der Waals surface area contributed by atoms with Gasteiger partial charge in [-0.05, 0) is 42.0 Å². The van der Waals surface area contributed by atoms with Gasteiger partial charge >= 0.3 is 0 Å². The molecule has 0 fully saturated rings. The minimum Gasteiger partial charge on any atom is -0.493 e. The quantitative estimate of drug-likeness (QED) is 0.570. The maximum Gasteiger partial charge on any atom is 0.282 e. The summed E-state index contributed by atoms with van der Waals surface area (Å²) in [6.07, 6.45) is 1.61. The lowest BCUT2D eigenvalue weighted by atomic mass is 10.2. The first-order valence-electron chi connectivity index (χ1n) is 8.43. The van der Waals surface area contributed by atoms with Crippen molar-refractivity contribution < 1.29 is 9.47 Å². The van der Waals surface area contributed by atoms with E-state index in [1.807, 2.05) is 32.0 Å². The van der Waals surface area contributed by atoms with Gasteiger partial charge in [0.25, 0.3) is 5.56 Å². The van der Waals surface area contributed by atoms with Gasteiger partial charge in [-0.15, -0.1) is 0 Å². The first kappa shape index (κ1) is 19.1. The smallest absolute Gasteiger partial charge is 0.282 e. The number of halogens is 1. The predicted molar refractivity (Wildman–Crippen MR) is 110 cm³/mol. The molecule has 7 heteroatoms. The fraction of sp³-hybridized carbons (Fsp3) is 0.250. The Morgan fingerprint density at radius 1 is 1.11 bits per heavy atom. The molecular weight excluding hydrogens is 410 g/mol. The number of aromatic nitrogens is 2. The lowest BCUT2D eigenvalue weighted by Gasteiger charge is -2.12. The van der Waals surface area contributed by atoms with Gasteiger partial charge in [-0.2, -0.15) is 9.78 Å². The third kappa shape index (κ3) is 3.88. The Kier molecular flexibility index (Phi) is 5.60. The number of methoxy groups -OCH3 is 2. The van der Waals surface area contributed by atoms with Gasteiger partial charge in [-0.25, -0.2) is 4.98 Å². The summed E-state index contributed by atoms with van der Waals surface area (Å²) in [5.74, 6) is 1.87. The third-order valence-corrected chi connectivity index (χ3v) is 4.57. The van der Waals surface area contributed by atoms with Crippen LogP contribution in [-0.4, -0.2) is 30.1 Å². The highest BCUT2D eigenvalue weighted by Gasteiger charge is 2.14. The Hall–Kier alpha value is -2.67. The van der Waals surface area contributed by atoms with E-state index in [1.54, 1.807) is 38.6 Å². The first-order valence-corrected chi connectivity index (χ1v) is 9.22. The summed E-state index contributed by atoms with van der Waals surface area (Å²) in [5.41, 5.74) is 1.23. The van der Waals surface area contributed by atoms with Gasteiger partial charge in [0.1, 0.15) is 5.82 Å². The monoisotopic (exact) mass is 429 g/mol. The molecule has 0 unspecified atom stereocenters. The van der Waals surface area contributed by atoms with E-state index in [-0.39, 0.29) is 11.5 Å². The van der Waals surface area contributed by atoms with Crippen LogP contribution in [-0.2, 0) is 0 Å². The molecule has 0 N–H and O–H groups in total. The fourth-order valence-electron chi connectivity index (χ4n) is 2.71. The number of nitrogens with zero attached hydrogens (tertiary/aromatic N) is 3. The third-order valence-electron chi connectivity index (χ3n) is 4.08. The van der Waals surface area contributed by atoms with E-state index < -0.39 is 0 Å². The number of ether oxygens (including phenoxy) is 2. The van der Waals surface area contributed by atoms with Crippen LogP contribution >= 0.6 is 15.9 Å². The molecule has 0 spiro atoms. The van der Waals surface area contributed by atoms with E-state index in [9.17, 15) is 4.79 Å². The van der Waals surface area contributed by atoms with Crippen LogP contribution in [0, 0.1) is 0 Å².